The Hall–Kier alpha value is -0.940. The van der Waals surface area contributed by atoms with Gasteiger partial charge in [-0.15, -0.1) is 0 Å². The second-order valence-corrected chi connectivity index (χ2v) is 6.06. The van der Waals surface area contributed by atoms with Crippen molar-refractivity contribution in [2.24, 2.45) is 5.92 Å². The van der Waals surface area contributed by atoms with Gasteiger partial charge in [-0.25, -0.2) is 0 Å². The SMILES string of the molecule is CC1(c2ccc(C(F)(F)F)cc2)C(C(=O)O)C1(Cl)Cl. The molecular formula is C12H9Cl2F3O2. The molecule has 104 valence electrons. The van der Waals surface area contributed by atoms with Gasteiger partial charge in [0, 0.05) is 5.41 Å². The first-order chi connectivity index (χ1) is 8.53. The number of halogens is 5. The molecule has 0 radical (unpaired) electrons. The molecule has 1 N–H and O–H groups in total. The van der Waals surface area contributed by atoms with Gasteiger partial charge < -0.3 is 5.11 Å². The minimum absolute atomic E-state index is 0.373. The van der Waals surface area contributed by atoms with Crippen molar-refractivity contribution >= 4 is 29.2 Å². The van der Waals surface area contributed by atoms with Crippen molar-refractivity contribution in [1.29, 1.82) is 0 Å². The minimum atomic E-state index is -4.44. The Balaban J connectivity index is 2.37. The van der Waals surface area contributed by atoms with Gasteiger partial charge in [0.05, 0.1) is 5.56 Å². The van der Waals surface area contributed by atoms with E-state index in [-0.39, 0.29) is 0 Å². The third-order valence-corrected chi connectivity index (χ3v) is 4.83. The molecule has 1 aliphatic rings. The highest BCUT2D eigenvalue weighted by Gasteiger charge is 2.77. The maximum atomic E-state index is 12.4. The summed E-state index contributed by atoms with van der Waals surface area (Å²) >= 11 is 11.9. The van der Waals surface area contributed by atoms with Crippen LogP contribution in [0.1, 0.15) is 18.1 Å². The second-order valence-electron chi connectivity index (χ2n) is 4.67. The molecule has 0 bridgehead atoms. The molecule has 0 spiro atoms. The van der Waals surface area contributed by atoms with Gasteiger partial charge in [-0.1, -0.05) is 42.3 Å². The molecule has 1 aliphatic carbocycles. The fourth-order valence-corrected chi connectivity index (χ4v) is 3.25. The van der Waals surface area contributed by atoms with Crippen LogP contribution in [-0.4, -0.2) is 15.4 Å². The Kier molecular flexibility index (Phi) is 3.07. The Morgan fingerprint density at radius 2 is 1.74 bits per heavy atom. The molecule has 0 aliphatic heterocycles. The maximum absolute atomic E-state index is 12.4. The van der Waals surface area contributed by atoms with E-state index in [1.54, 1.807) is 0 Å². The van der Waals surface area contributed by atoms with E-state index in [2.05, 4.69) is 0 Å². The van der Waals surface area contributed by atoms with Gasteiger partial charge in [-0.2, -0.15) is 13.2 Å². The highest BCUT2D eigenvalue weighted by molar-refractivity contribution is 6.54. The van der Waals surface area contributed by atoms with Gasteiger partial charge in [0.15, 0.2) is 0 Å². The summed E-state index contributed by atoms with van der Waals surface area (Å²) in [6, 6.07) is 4.21. The Bertz CT molecular complexity index is 525. The topological polar surface area (TPSA) is 37.3 Å². The number of benzene rings is 1. The fourth-order valence-electron chi connectivity index (χ4n) is 2.30. The van der Waals surface area contributed by atoms with Gasteiger partial charge in [-0.3, -0.25) is 4.79 Å². The molecule has 1 saturated carbocycles. The predicted molar refractivity (Wildman–Crippen MR) is 64.4 cm³/mol. The van der Waals surface area contributed by atoms with Gasteiger partial charge in [0.25, 0.3) is 0 Å². The van der Waals surface area contributed by atoms with E-state index in [1.165, 1.54) is 19.1 Å². The first kappa shape index (κ1) is 14.5. The van der Waals surface area contributed by atoms with E-state index in [0.717, 1.165) is 12.1 Å². The third kappa shape index (κ3) is 1.99. The number of aliphatic carboxylic acids is 1. The van der Waals surface area contributed by atoms with Crippen molar-refractivity contribution in [3.8, 4) is 0 Å². The van der Waals surface area contributed by atoms with Crippen LogP contribution in [0.15, 0.2) is 24.3 Å². The highest BCUT2D eigenvalue weighted by Crippen LogP contribution is 2.69. The number of rotatable bonds is 2. The van der Waals surface area contributed by atoms with Crippen molar-refractivity contribution in [1.82, 2.24) is 0 Å². The highest BCUT2D eigenvalue weighted by atomic mass is 35.5. The lowest BCUT2D eigenvalue weighted by Gasteiger charge is -2.14. The van der Waals surface area contributed by atoms with Crippen LogP contribution in [0.4, 0.5) is 13.2 Å². The second kappa shape index (κ2) is 4.03. The molecule has 2 nitrogen and oxygen atoms in total. The van der Waals surface area contributed by atoms with Crippen LogP contribution < -0.4 is 0 Å². The molecule has 7 heteroatoms. The van der Waals surface area contributed by atoms with Crippen molar-refractivity contribution in [3.05, 3.63) is 35.4 Å². The smallest absolute Gasteiger partial charge is 0.416 e. The summed E-state index contributed by atoms with van der Waals surface area (Å²) in [7, 11) is 0. The zero-order valence-electron chi connectivity index (χ0n) is 9.63. The molecule has 19 heavy (non-hydrogen) atoms. The first-order valence-electron chi connectivity index (χ1n) is 5.31. The summed E-state index contributed by atoms with van der Waals surface area (Å²) in [5.74, 6) is -2.22. The summed E-state index contributed by atoms with van der Waals surface area (Å²) < 4.78 is 35.8. The van der Waals surface area contributed by atoms with Crippen molar-refractivity contribution in [2.75, 3.05) is 0 Å². The van der Waals surface area contributed by atoms with Crippen LogP contribution in [-0.2, 0) is 16.4 Å². The van der Waals surface area contributed by atoms with Crippen LogP contribution in [0.25, 0.3) is 0 Å². The minimum Gasteiger partial charge on any atom is -0.481 e. The van der Waals surface area contributed by atoms with Crippen molar-refractivity contribution < 1.29 is 23.1 Å². The van der Waals surface area contributed by atoms with E-state index >= 15 is 0 Å². The number of hydrogen-bond acceptors (Lipinski definition) is 1. The van der Waals surface area contributed by atoms with E-state index < -0.39 is 33.4 Å². The molecule has 1 aromatic rings. The predicted octanol–water partition coefficient (Wildman–Crippen LogP) is 3.85. The maximum Gasteiger partial charge on any atom is 0.416 e. The monoisotopic (exact) mass is 312 g/mol. The lowest BCUT2D eigenvalue weighted by molar-refractivity contribution is -0.139. The Morgan fingerprint density at radius 1 is 1.26 bits per heavy atom. The molecule has 0 heterocycles. The largest absolute Gasteiger partial charge is 0.481 e. The number of carboxylic acid groups (broad SMARTS) is 1. The van der Waals surface area contributed by atoms with Gasteiger partial charge in [-0.05, 0) is 17.7 Å². The van der Waals surface area contributed by atoms with Crippen molar-refractivity contribution in [2.45, 2.75) is 22.8 Å². The molecule has 0 saturated heterocycles. The molecule has 1 aromatic carbocycles. The molecular weight excluding hydrogens is 304 g/mol. The Morgan fingerprint density at radius 3 is 2.05 bits per heavy atom. The van der Waals surface area contributed by atoms with Gasteiger partial charge in [0.1, 0.15) is 10.3 Å². The van der Waals surface area contributed by atoms with E-state index in [1.807, 2.05) is 0 Å². The van der Waals surface area contributed by atoms with Crippen LogP contribution in [0.5, 0.6) is 0 Å². The zero-order valence-corrected chi connectivity index (χ0v) is 11.1. The molecule has 2 atom stereocenters. The first-order valence-corrected chi connectivity index (χ1v) is 6.07. The zero-order chi connectivity index (χ0) is 14.6. The van der Waals surface area contributed by atoms with E-state index in [4.69, 9.17) is 28.3 Å². The summed E-state index contributed by atoms with van der Waals surface area (Å²) in [5.41, 5.74) is -1.52. The quantitative estimate of drug-likeness (QED) is 0.842. The average molecular weight is 313 g/mol. The van der Waals surface area contributed by atoms with E-state index in [0.29, 0.717) is 5.56 Å². The fraction of sp³-hybridized carbons (Fsp3) is 0.417. The lowest BCUT2D eigenvalue weighted by atomic mass is 9.94. The normalized spacial score (nSPS) is 29.1. The van der Waals surface area contributed by atoms with Crippen LogP contribution in [0, 0.1) is 5.92 Å². The molecule has 2 rings (SSSR count). The van der Waals surface area contributed by atoms with Crippen LogP contribution in [0.2, 0.25) is 0 Å². The molecule has 0 amide bonds. The summed E-state index contributed by atoms with van der Waals surface area (Å²) in [5, 5.41) is 9.02. The molecule has 0 aromatic heterocycles. The van der Waals surface area contributed by atoms with Crippen molar-refractivity contribution in [3.63, 3.8) is 0 Å². The molecule has 2 unspecified atom stereocenters. The summed E-state index contributed by atoms with van der Waals surface area (Å²) in [6.07, 6.45) is -4.44. The number of alkyl halides is 5. The Labute approximate surface area is 117 Å². The number of carbonyl (C=O) groups is 1. The summed E-state index contributed by atoms with van der Waals surface area (Å²) in [6.45, 7) is 1.52. The third-order valence-electron chi connectivity index (χ3n) is 3.61. The van der Waals surface area contributed by atoms with E-state index in [9.17, 15) is 18.0 Å². The number of hydrogen-bond donors (Lipinski definition) is 1. The van der Waals surface area contributed by atoms with Crippen LogP contribution >= 0.6 is 23.2 Å². The van der Waals surface area contributed by atoms with Crippen LogP contribution in [0.3, 0.4) is 0 Å². The lowest BCUT2D eigenvalue weighted by Crippen LogP contribution is -2.13. The number of carboxylic acids is 1. The van der Waals surface area contributed by atoms with Gasteiger partial charge >= 0.3 is 12.1 Å². The standard InChI is InChI=1S/C12H9Cl2F3O2/c1-10(8(9(18)19)11(10,13)14)6-2-4-7(5-3-6)12(15,16)17/h2-5,8H,1H3,(H,18,19). The average Bonchev–Trinajstić information content (AvgIpc) is 2.73. The molecule has 1 fully saturated rings. The van der Waals surface area contributed by atoms with Gasteiger partial charge in [0.2, 0.25) is 0 Å². The summed E-state index contributed by atoms with van der Waals surface area (Å²) in [4.78, 5) is 11.0.